The Hall–Kier alpha value is -1.97. The van der Waals surface area contributed by atoms with Gasteiger partial charge in [0, 0.05) is 52.2 Å². The summed E-state index contributed by atoms with van der Waals surface area (Å²) in [5.41, 5.74) is 0.782. The van der Waals surface area contributed by atoms with Crippen LogP contribution < -0.4 is 5.32 Å². The molecule has 0 aliphatic carbocycles. The minimum atomic E-state index is -3.34. The summed E-state index contributed by atoms with van der Waals surface area (Å²) in [6.45, 7) is 4.23. The second kappa shape index (κ2) is 10.2. The summed E-state index contributed by atoms with van der Waals surface area (Å²) in [4.78, 5) is 27.5. The fourth-order valence-corrected chi connectivity index (χ4v) is 5.26. The molecule has 3 rings (SSSR count). The van der Waals surface area contributed by atoms with Crippen molar-refractivity contribution in [2.75, 3.05) is 52.4 Å². The number of likely N-dealkylation sites (tertiary alicyclic amines) is 1. The molecule has 1 aromatic rings. The fraction of sp³-hybridized carbons (Fsp3) is 0.600. The second-order valence-corrected chi connectivity index (χ2v) is 9.57. The van der Waals surface area contributed by atoms with Crippen molar-refractivity contribution >= 4 is 21.8 Å². The van der Waals surface area contributed by atoms with Crippen LogP contribution in [0.5, 0.6) is 0 Å². The van der Waals surface area contributed by atoms with E-state index in [1.54, 1.807) is 0 Å². The van der Waals surface area contributed by atoms with E-state index < -0.39 is 10.0 Å². The van der Waals surface area contributed by atoms with Crippen LogP contribution in [0.4, 0.5) is 0 Å². The van der Waals surface area contributed by atoms with Gasteiger partial charge < -0.3 is 10.2 Å². The molecule has 8 nitrogen and oxygen atoms in total. The van der Waals surface area contributed by atoms with Gasteiger partial charge in [0.15, 0.2) is 0 Å². The SMILES string of the molecule is O=C(CN1CCN(S(=O)(=O)Cc2ccccc2)CC1)NCCCN1CCCC1=O. The van der Waals surface area contributed by atoms with Crippen LogP contribution in [0.15, 0.2) is 30.3 Å². The normalized spacial score (nSPS) is 18.9. The summed E-state index contributed by atoms with van der Waals surface area (Å²) < 4.78 is 26.7. The fourth-order valence-electron chi connectivity index (χ4n) is 3.74. The van der Waals surface area contributed by atoms with Gasteiger partial charge in [-0.15, -0.1) is 0 Å². The Labute approximate surface area is 172 Å². The van der Waals surface area contributed by atoms with Gasteiger partial charge in [0.1, 0.15) is 0 Å². The molecule has 2 aliphatic rings. The minimum Gasteiger partial charge on any atom is -0.355 e. The van der Waals surface area contributed by atoms with Gasteiger partial charge in [0.2, 0.25) is 21.8 Å². The third-order valence-electron chi connectivity index (χ3n) is 5.38. The van der Waals surface area contributed by atoms with Gasteiger partial charge in [-0.1, -0.05) is 30.3 Å². The first-order chi connectivity index (χ1) is 13.9. The minimum absolute atomic E-state index is 0.00778. The summed E-state index contributed by atoms with van der Waals surface area (Å²) in [6, 6.07) is 9.18. The Morgan fingerprint density at radius 2 is 1.76 bits per heavy atom. The predicted octanol–water partition coefficient (Wildman–Crippen LogP) is 0.263. The lowest BCUT2D eigenvalue weighted by Crippen LogP contribution is -2.51. The smallest absolute Gasteiger partial charge is 0.234 e. The molecule has 2 saturated heterocycles. The molecule has 0 spiro atoms. The molecule has 0 aromatic heterocycles. The molecule has 1 aromatic carbocycles. The molecule has 0 unspecified atom stereocenters. The Morgan fingerprint density at radius 3 is 2.41 bits per heavy atom. The molecule has 0 bridgehead atoms. The largest absolute Gasteiger partial charge is 0.355 e. The number of nitrogens with zero attached hydrogens (tertiary/aromatic N) is 3. The van der Waals surface area contributed by atoms with Crippen molar-refractivity contribution in [2.24, 2.45) is 0 Å². The standard InChI is InChI=1S/C20H30N4O4S/c25-19(21-9-5-11-23-10-4-8-20(23)26)16-22-12-14-24(15-13-22)29(27,28)17-18-6-2-1-3-7-18/h1-3,6-7H,4-5,8-17H2,(H,21,25). The van der Waals surface area contributed by atoms with Gasteiger partial charge in [0.25, 0.3) is 0 Å². The number of hydrogen-bond donors (Lipinski definition) is 1. The topological polar surface area (TPSA) is 90.0 Å². The summed E-state index contributed by atoms with van der Waals surface area (Å²) in [6.07, 6.45) is 2.32. The number of carbonyl (C=O) groups excluding carboxylic acids is 2. The number of piperazine rings is 1. The second-order valence-electron chi connectivity index (χ2n) is 7.60. The Bertz CT molecular complexity index is 792. The van der Waals surface area contributed by atoms with Crippen molar-refractivity contribution in [3.63, 3.8) is 0 Å². The molecule has 2 amide bonds. The van der Waals surface area contributed by atoms with Crippen molar-refractivity contribution < 1.29 is 18.0 Å². The first-order valence-electron chi connectivity index (χ1n) is 10.2. The Balaban J connectivity index is 1.33. The van der Waals surface area contributed by atoms with Crippen LogP contribution in [0.25, 0.3) is 0 Å². The van der Waals surface area contributed by atoms with Gasteiger partial charge in [-0.3, -0.25) is 14.5 Å². The highest BCUT2D eigenvalue weighted by atomic mass is 32.2. The van der Waals surface area contributed by atoms with E-state index in [4.69, 9.17) is 0 Å². The van der Waals surface area contributed by atoms with E-state index in [0.29, 0.717) is 45.7 Å². The summed E-state index contributed by atoms with van der Waals surface area (Å²) in [7, 11) is -3.34. The van der Waals surface area contributed by atoms with Crippen molar-refractivity contribution in [1.29, 1.82) is 0 Å². The summed E-state index contributed by atoms with van der Waals surface area (Å²) in [5.74, 6) is 0.156. The van der Waals surface area contributed by atoms with E-state index in [9.17, 15) is 18.0 Å². The molecule has 29 heavy (non-hydrogen) atoms. The average molecular weight is 423 g/mol. The maximum atomic E-state index is 12.6. The monoisotopic (exact) mass is 422 g/mol. The molecule has 0 saturated carbocycles. The molecule has 0 radical (unpaired) electrons. The molecule has 2 fully saturated rings. The number of nitrogens with one attached hydrogen (secondary N) is 1. The third kappa shape index (κ3) is 6.52. The van der Waals surface area contributed by atoms with Gasteiger partial charge >= 0.3 is 0 Å². The molecule has 0 atom stereocenters. The van der Waals surface area contributed by atoms with E-state index >= 15 is 0 Å². The van der Waals surface area contributed by atoms with Crippen LogP contribution in [-0.4, -0.2) is 86.7 Å². The molecule has 9 heteroatoms. The van der Waals surface area contributed by atoms with Crippen molar-refractivity contribution in [3.05, 3.63) is 35.9 Å². The van der Waals surface area contributed by atoms with E-state index in [-0.39, 0.29) is 24.1 Å². The van der Waals surface area contributed by atoms with Crippen molar-refractivity contribution in [1.82, 2.24) is 19.4 Å². The van der Waals surface area contributed by atoms with E-state index in [2.05, 4.69) is 5.32 Å². The number of benzene rings is 1. The first kappa shape index (κ1) is 21.7. The number of sulfonamides is 1. The lowest BCUT2D eigenvalue weighted by atomic mass is 10.2. The van der Waals surface area contributed by atoms with E-state index in [0.717, 1.165) is 24.9 Å². The maximum absolute atomic E-state index is 12.6. The quantitative estimate of drug-likeness (QED) is 0.577. The zero-order chi connectivity index (χ0) is 20.7. The van der Waals surface area contributed by atoms with Crippen LogP contribution in [0.2, 0.25) is 0 Å². The summed E-state index contributed by atoms with van der Waals surface area (Å²) >= 11 is 0. The zero-order valence-electron chi connectivity index (χ0n) is 16.8. The van der Waals surface area contributed by atoms with Crippen LogP contribution in [-0.2, 0) is 25.4 Å². The van der Waals surface area contributed by atoms with Crippen LogP contribution in [0.3, 0.4) is 0 Å². The number of hydrogen-bond acceptors (Lipinski definition) is 5. The first-order valence-corrected chi connectivity index (χ1v) is 11.8. The highest BCUT2D eigenvalue weighted by Crippen LogP contribution is 2.13. The molecule has 1 N–H and O–H groups in total. The lowest BCUT2D eigenvalue weighted by molar-refractivity contribution is -0.127. The predicted molar refractivity (Wildman–Crippen MR) is 111 cm³/mol. The number of rotatable bonds is 9. The highest BCUT2D eigenvalue weighted by molar-refractivity contribution is 7.88. The highest BCUT2D eigenvalue weighted by Gasteiger charge is 2.27. The Kier molecular flexibility index (Phi) is 7.63. The van der Waals surface area contributed by atoms with Crippen LogP contribution >= 0.6 is 0 Å². The van der Waals surface area contributed by atoms with Gasteiger partial charge in [0.05, 0.1) is 12.3 Å². The maximum Gasteiger partial charge on any atom is 0.234 e. The van der Waals surface area contributed by atoms with Gasteiger partial charge in [-0.05, 0) is 18.4 Å². The summed E-state index contributed by atoms with van der Waals surface area (Å²) in [5, 5.41) is 2.89. The lowest BCUT2D eigenvalue weighted by Gasteiger charge is -2.33. The van der Waals surface area contributed by atoms with Crippen molar-refractivity contribution in [2.45, 2.75) is 25.0 Å². The van der Waals surface area contributed by atoms with Gasteiger partial charge in [-0.2, -0.15) is 4.31 Å². The zero-order valence-corrected chi connectivity index (χ0v) is 17.6. The van der Waals surface area contributed by atoms with E-state index in [1.165, 1.54) is 4.31 Å². The van der Waals surface area contributed by atoms with Crippen LogP contribution in [0.1, 0.15) is 24.8 Å². The van der Waals surface area contributed by atoms with Crippen LogP contribution in [0, 0.1) is 0 Å². The Morgan fingerprint density at radius 1 is 1.03 bits per heavy atom. The average Bonchev–Trinajstić information content (AvgIpc) is 3.11. The van der Waals surface area contributed by atoms with Gasteiger partial charge in [-0.25, -0.2) is 8.42 Å². The number of carbonyl (C=O) groups is 2. The van der Waals surface area contributed by atoms with Crippen molar-refractivity contribution in [3.8, 4) is 0 Å². The molecule has 2 aliphatic heterocycles. The number of amides is 2. The third-order valence-corrected chi connectivity index (χ3v) is 7.23. The molecule has 2 heterocycles. The molecular weight excluding hydrogens is 392 g/mol. The molecular formula is C20H30N4O4S. The molecule has 160 valence electrons. The van der Waals surface area contributed by atoms with E-state index in [1.807, 2.05) is 40.1 Å².